The summed E-state index contributed by atoms with van der Waals surface area (Å²) in [5.74, 6) is 0.0783. The molecule has 1 aromatic carbocycles. The Balaban J connectivity index is 0.000000574. The fourth-order valence-electron chi connectivity index (χ4n) is 3.13. The summed E-state index contributed by atoms with van der Waals surface area (Å²) in [4.78, 5) is 31.6. The van der Waals surface area contributed by atoms with Crippen molar-refractivity contribution in [2.45, 2.75) is 59.3 Å². The Morgan fingerprint density at radius 2 is 1.68 bits per heavy atom. The van der Waals surface area contributed by atoms with E-state index in [9.17, 15) is 18.0 Å². The third-order valence-electron chi connectivity index (χ3n) is 4.75. The van der Waals surface area contributed by atoms with E-state index in [-0.39, 0.29) is 22.5 Å². The van der Waals surface area contributed by atoms with Crippen LogP contribution >= 0.6 is 0 Å². The molecule has 1 aromatic heterocycles. The van der Waals surface area contributed by atoms with Gasteiger partial charge in [0.15, 0.2) is 5.78 Å². The van der Waals surface area contributed by atoms with Crippen molar-refractivity contribution in [1.82, 2.24) is 20.1 Å². The van der Waals surface area contributed by atoms with Crippen LogP contribution < -0.4 is 10.3 Å². The normalized spacial score (nSPS) is 14.8. The number of pyridine rings is 1. The Bertz CT molecular complexity index is 949. The second kappa shape index (κ2) is 16.9. The van der Waals surface area contributed by atoms with E-state index in [0.29, 0.717) is 12.1 Å². The van der Waals surface area contributed by atoms with Crippen molar-refractivity contribution >= 4 is 21.7 Å². The molecule has 34 heavy (non-hydrogen) atoms. The van der Waals surface area contributed by atoms with Gasteiger partial charge in [0.2, 0.25) is 5.91 Å². The van der Waals surface area contributed by atoms with E-state index in [2.05, 4.69) is 15.2 Å². The Kier molecular flexibility index (Phi) is 15.6. The van der Waals surface area contributed by atoms with Gasteiger partial charge in [0.25, 0.3) is 10.0 Å². The van der Waals surface area contributed by atoms with Gasteiger partial charge in [0, 0.05) is 43.9 Å². The summed E-state index contributed by atoms with van der Waals surface area (Å²) in [6.07, 6.45) is 5.00. The average Bonchev–Trinajstić information content (AvgIpc) is 2.87. The topological polar surface area (TPSA) is 108 Å². The van der Waals surface area contributed by atoms with Gasteiger partial charge in [0.05, 0.1) is 4.90 Å². The monoisotopic (exact) mass is 492 g/mol. The molecule has 0 radical (unpaired) electrons. The number of likely N-dealkylation sites (tertiary alicyclic amines) is 1. The summed E-state index contributed by atoms with van der Waals surface area (Å²) in [5.41, 5.74) is 4.06. The van der Waals surface area contributed by atoms with Crippen molar-refractivity contribution in [1.29, 1.82) is 0 Å². The molecule has 190 valence electrons. The molecule has 1 unspecified atom stereocenters. The van der Waals surface area contributed by atoms with Gasteiger partial charge in [-0.3, -0.25) is 14.6 Å². The second-order valence-corrected chi connectivity index (χ2v) is 8.76. The van der Waals surface area contributed by atoms with E-state index in [0.717, 1.165) is 24.9 Å². The van der Waals surface area contributed by atoms with Crippen LogP contribution in [-0.4, -0.2) is 50.1 Å². The standard InChI is InChI=1S/C13H16N2O2.C8H12N2O2S.2C2H6/c1-10(16)15-7-3-5-12(9-15)13(17)11-4-2-6-14-8-11;1-7-3-5-8(6-4-7)13(11,12)10-9-2;2*1-2/h2,4,6,8,12H,3,5,7,9H2,1H3;3-6,9-10H,1-2H3;2*1-2H3. The molecule has 9 heteroatoms. The highest BCUT2D eigenvalue weighted by atomic mass is 32.2. The van der Waals surface area contributed by atoms with Crippen molar-refractivity contribution in [3.8, 4) is 0 Å². The van der Waals surface area contributed by atoms with Gasteiger partial charge in [-0.15, -0.1) is 4.83 Å². The van der Waals surface area contributed by atoms with Gasteiger partial charge in [-0.05, 0) is 51.1 Å². The summed E-state index contributed by atoms with van der Waals surface area (Å²) in [6, 6.07) is 10.2. The van der Waals surface area contributed by atoms with E-state index >= 15 is 0 Å². The number of amides is 1. The first-order valence-corrected chi connectivity index (χ1v) is 13.2. The number of nitrogens with zero attached hydrogens (tertiary/aromatic N) is 2. The van der Waals surface area contributed by atoms with Crippen LogP contribution in [0.15, 0.2) is 53.7 Å². The average molecular weight is 493 g/mol. The maximum atomic E-state index is 12.2. The van der Waals surface area contributed by atoms with Crippen LogP contribution in [0.2, 0.25) is 0 Å². The van der Waals surface area contributed by atoms with E-state index < -0.39 is 10.0 Å². The summed E-state index contributed by atoms with van der Waals surface area (Å²) >= 11 is 0. The zero-order valence-electron chi connectivity index (χ0n) is 21.5. The maximum absolute atomic E-state index is 12.2. The largest absolute Gasteiger partial charge is 0.342 e. The third kappa shape index (κ3) is 10.5. The van der Waals surface area contributed by atoms with Crippen LogP contribution in [0.25, 0.3) is 0 Å². The van der Waals surface area contributed by atoms with Crippen LogP contribution in [0.3, 0.4) is 0 Å². The molecule has 2 aromatic rings. The molecule has 8 nitrogen and oxygen atoms in total. The van der Waals surface area contributed by atoms with Crippen molar-refractivity contribution in [2.75, 3.05) is 20.1 Å². The number of sulfonamides is 1. The minimum Gasteiger partial charge on any atom is -0.342 e. The molecule has 2 heterocycles. The number of Topliss-reactive ketones (excluding diaryl/α,β-unsaturated/α-hetero) is 1. The lowest BCUT2D eigenvalue weighted by atomic mass is 9.90. The van der Waals surface area contributed by atoms with E-state index in [1.165, 1.54) is 7.05 Å². The number of piperidine rings is 1. The number of ketones is 1. The van der Waals surface area contributed by atoms with Crippen molar-refractivity contribution < 1.29 is 18.0 Å². The molecule has 1 amide bonds. The van der Waals surface area contributed by atoms with Crippen LogP contribution in [0.4, 0.5) is 0 Å². The number of nitrogens with one attached hydrogen (secondary N) is 2. The van der Waals surface area contributed by atoms with Gasteiger partial charge in [-0.1, -0.05) is 45.4 Å². The smallest absolute Gasteiger partial charge is 0.253 e. The predicted molar refractivity (Wildman–Crippen MR) is 137 cm³/mol. The number of hydrogen-bond donors (Lipinski definition) is 2. The number of benzene rings is 1. The number of hydrazine groups is 1. The highest BCUT2D eigenvalue weighted by molar-refractivity contribution is 7.89. The lowest BCUT2D eigenvalue weighted by Gasteiger charge is -2.31. The lowest BCUT2D eigenvalue weighted by Crippen LogP contribution is -2.41. The minimum absolute atomic E-state index is 0.0497. The van der Waals surface area contributed by atoms with E-state index in [1.54, 1.807) is 60.6 Å². The van der Waals surface area contributed by atoms with Crippen LogP contribution in [-0.2, 0) is 14.8 Å². The van der Waals surface area contributed by atoms with Gasteiger partial charge >= 0.3 is 0 Å². The van der Waals surface area contributed by atoms with Crippen LogP contribution in [0, 0.1) is 12.8 Å². The van der Waals surface area contributed by atoms with E-state index in [4.69, 9.17) is 0 Å². The molecule has 1 aliphatic heterocycles. The summed E-state index contributed by atoms with van der Waals surface area (Å²) < 4.78 is 22.7. The fourth-order valence-corrected chi connectivity index (χ4v) is 4.01. The molecule has 2 N–H and O–H groups in total. The first kappa shape index (κ1) is 31.4. The number of rotatable bonds is 5. The van der Waals surface area contributed by atoms with Crippen LogP contribution in [0.5, 0.6) is 0 Å². The zero-order chi connectivity index (χ0) is 26.1. The number of aryl methyl sites for hydroxylation is 1. The number of carbonyl (C=O) groups is 2. The zero-order valence-corrected chi connectivity index (χ0v) is 22.3. The van der Waals surface area contributed by atoms with Gasteiger partial charge in [0.1, 0.15) is 0 Å². The molecule has 3 rings (SSSR count). The van der Waals surface area contributed by atoms with Crippen molar-refractivity contribution in [3.05, 3.63) is 59.9 Å². The molecule has 1 aliphatic rings. The number of aromatic nitrogens is 1. The Labute approximate surface area is 205 Å². The highest BCUT2D eigenvalue weighted by Crippen LogP contribution is 2.20. The SMILES string of the molecule is CC.CC.CC(=O)N1CCCC(C(=O)c2cccnc2)C1.CNNS(=O)(=O)c1ccc(C)cc1. The Morgan fingerprint density at radius 3 is 2.18 bits per heavy atom. The fraction of sp³-hybridized carbons (Fsp3) is 0.480. The Morgan fingerprint density at radius 1 is 1.06 bits per heavy atom. The lowest BCUT2D eigenvalue weighted by molar-refractivity contribution is -0.130. The van der Waals surface area contributed by atoms with Gasteiger partial charge < -0.3 is 4.90 Å². The summed E-state index contributed by atoms with van der Waals surface area (Å²) in [5, 5.41) is 0. The first-order chi connectivity index (χ1) is 16.2. The number of hydrogen-bond acceptors (Lipinski definition) is 6. The molecule has 0 aliphatic carbocycles. The maximum Gasteiger partial charge on any atom is 0.253 e. The molecule has 0 bridgehead atoms. The van der Waals surface area contributed by atoms with Crippen molar-refractivity contribution in [3.63, 3.8) is 0 Å². The highest BCUT2D eigenvalue weighted by Gasteiger charge is 2.27. The summed E-state index contributed by atoms with van der Waals surface area (Å²) in [6.45, 7) is 12.8. The van der Waals surface area contributed by atoms with Gasteiger partial charge in [-0.2, -0.15) is 0 Å². The molecule has 0 saturated carbocycles. The van der Waals surface area contributed by atoms with Gasteiger partial charge in [-0.25, -0.2) is 13.8 Å². The number of carbonyl (C=O) groups excluding carboxylic acids is 2. The molecular weight excluding hydrogens is 452 g/mol. The first-order valence-electron chi connectivity index (χ1n) is 11.7. The Hall–Kier alpha value is -2.62. The third-order valence-corrected chi connectivity index (χ3v) is 6.12. The second-order valence-electron chi connectivity index (χ2n) is 7.08. The quantitative estimate of drug-likeness (QED) is 0.483. The molecular formula is C25H40N4O4S. The minimum atomic E-state index is -3.39. The van der Waals surface area contributed by atoms with Crippen molar-refractivity contribution in [2.24, 2.45) is 5.92 Å². The molecule has 1 fully saturated rings. The predicted octanol–water partition coefficient (Wildman–Crippen LogP) is 3.98. The molecule has 0 spiro atoms. The molecule has 1 atom stereocenters. The van der Waals surface area contributed by atoms with E-state index in [1.807, 2.05) is 34.6 Å². The molecule has 1 saturated heterocycles. The van der Waals surface area contributed by atoms with Crippen LogP contribution in [0.1, 0.15) is 63.4 Å². The summed E-state index contributed by atoms with van der Waals surface area (Å²) in [7, 11) is -1.88.